The van der Waals surface area contributed by atoms with Crippen molar-refractivity contribution in [1.29, 1.82) is 0 Å². The monoisotopic (exact) mass is 326 g/mol. The summed E-state index contributed by atoms with van der Waals surface area (Å²) in [4.78, 5) is 11.8. The molecule has 1 unspecified atom stereocenters. The molecule has 2 heteroatoms. The SMILES string of the molecule is CCCCCCCCCC(=O)OCCC(CCC)CCCCC. The van der Waals surface area contributed by atoms with Crippen molar-refractivity contribution in [3.8, 4) is 0 Å². The fourth-order valence-corrected chi connectivity index (χ4v) is 3.16. The molecule has 0 aromatic carbocycles. The molecule has 138 valence electrons. The van der Waals surface area contributed by atoms with Crippen LogP contribution in [0.4, 0.5) is 0 Å². The Morgan fingerprint density at radius 2 is 1.30 bits per heavy atom. The van der Waals surface area contributed by atoms with Gasteiger partial charge >= 0.3 is 5.97 Å². The predicted octanol–water partition coefficient (Wildman–Crippen LogP) is 7.06. The Morgan fingerprint density at radius 3 is 1.96 bits per heavy atom. The number of ether oxygens (including phenoxy) is 1. The van der Waals surface area contributed by atoms with E-state index in [0.717, 1.165) is 18.8 Å². The van der Waals surface area contributed by atoms with E-state index < -0.39 is 0 Å². The Labute approximate surface area is 145 Å². The normalized spacial score (nSPS) is 12.3. The summed E-state index contributed by atoms with van der Waals surface area (Å²) in [6, 6.07) is 0. The molecule has 0 saturated heterocycles. The Bertz CT molecular complexity index is 250. The lowest BCUT2D eigenvalue weighted by Crippen LogP contribution is -2.10. The van der Waals surface area contributed by atoms with Gasteiger partial charge in [-0.15, -0.1) is 0 Å². The van der Waals surface area contributed by atoms with E-state index in [2.05, 4.69) is 20.8 Å². The Morgan fingerprint density at radius 1 is 0.696 bits per heavy atom. The minimum Gasteiger partial charge on any atom is -0.466 e. The third-order valence-corrected chi connectivity index (χ3v) is 4.69. The number of carbonyl (C=O) groups excluding carboxylic acids is 1. The summed E-state index contributed by atoms with van der Waals surface area (Å²) in [5.41, 5.74) is 0. The first-order valence-corrected chi connectivity index (χ1v) is 10.4. The fraction of sp³-hybridized carbons (Fsp3) is 0.952. The van der Waals surface area contributed by atoms with Crippen molar-refractivity contribution in [1.82, 2.24) is 0 Å². The molecule has 2 nitrogen and oxygen atoms in total. The molecule has 23 heavy (non-hydrogen) atoms. The Balaban J connectivity index is 3.54. The second kappa shape index (κ2) is 17.8. The van der Waals surface area contributed by atoms with Crippen LogP contribution in [0, 0.1) is 5.92 Å². The molecule has 0 heterocycles. The highest BCUT2D eigenvalue weighted by atomic mass is 16.5. The zero-order valence-corrected chi connectivity index (χ0v) is 16.2. The summed E-state index contributed by atoms with van der Waals surface area (Å²) in [6.07, 6.45) is 18.2. The number of rotatable bonds is 17. The van der Waals surface area contributed by atoms with Crippen molar-refractivity contribution < 1.29 is 9.53 Å². The summed E-state index contributed by atoms with van der Waals surface area (Å²) in [5.74, 6) is 0.764. The molecular formula is C21H42O2. The highest BCUT2D eigenvalue weighted by molar-refractivity contribution is 5.69. The molecule has 0 bridgehead atoms. The molecule has 0 aliphatic carbocycles. The molecule has 0 fully saturated rings. The van der Waals surface area contributed by atoms with E-state index in [9.17, 15) is 4.79 Å². The zero-order chi connectivity index (χ0) is 17.2. The standard InChI is InChI=1S/C21H42O2/c1-4-7-9-10-11-12-14-17-21(22)23-19-18-20(15-6-3)16-13-8-5-2/h20H,4-19H2,1-3H3. The maximum absolute atomic E-state index is 11.8. The molecule has 0 amide bonds. The minimum atomic E-state index is 0.0161. The smallest absolute Gasteiger partial charge is 0.305 e. The molecule has 0 aliphatic heterocycles. The van der Waals surface area contributed by atoms with Crippen LogP contribution in [0.25, 0.3) is 0 Å². The van der Waals surface area contributed by atoms with Crippen LogP contribution in [0.5, 0.6) is 0 Å². The molecule has 0 N–H and O–H groups in total. The maximum Gasteiger partial charge on any atom is 0.305 e. The van der Waals surface area contributed by atoms with E-state index in [1.165, 1.54) is 77.0 Å². The number of hydrogen-bond donors (Lipinski definition) is 0. The first kappa shape index (κ1) is 22.5. The number of carbonyl (C=O) groups is 1. The zero-order valence-electron chi connectivity index (χ0n) is 16.2. The summed E-state index contributed by atoms with van der Waals surface area (Å²) < 4.78 is 5.43. The second-order valence-electron chi connectivity index (χ2n) is 7.03. The van der Waals surface area contributed by atoms with E-state index in [0.29, 0.717) is 13.0 Å². The Hall–Kier alpha value is -0.530. The highest BCUT2D eigenvalue weighted by Crippen LogP contribution is 2.19. The molecule has 0 aromatic heterocycles. The highest BCUT2D eigenvalue weighted by Gasteiger charge is 2.09. The van der Waals surface area contributed by atoms with Crippen LogP contribution in [0.2, 0.25) is 0 Å². The quantitative estimate of drug-likeness (QED) is 0.211. The van der Waals surface area contributed by atoms with Crippen LogP contribution < -0.4 is 0 Å². The molecule has 0 aliphatic rings. The molecular weight excluding hydrogens is 284 g/mol. The van der Waals surface area contributed by atoms with Gasteiger partial charge in [-0.25, -0.2) is 0 Å². The molecule has 0 aromatic rings. The lowest BCUT2D eigenvalue weighted by atomic mass is 9.94. The summed E-state index contributed by atoms with van der Waals surface area (Å²) in [7, 11) is 0. The van der Waals surface area contributed by atoms with Crippen LogP contribution in [-0.2, 0) is 9.53 Å². The predicted molar refractivity (Wildman–Crippen MR) is 101 cm³/mol. The van der Waals surface area contributed by atoms with Gasteiger partial charge in [-0.05, 0) is 18.8 Å². The third-order valence-electron chi connectivity index (χ3n) is 4.69. The number of esters is 1. The van der Waals surface area contributed by atoms with Crippen molar-refractivity contribution in [3.63, 3.8) is 0 Å². The molecule has 0 spiro atoms. The summed E-state index contributed by atoms with van der Waals surface area (Å²) in [6.45, 7) is 7.37. The van der Waals surface area contributed by atoms with Gasteiger partial charge in [0, 0.05) is 6.42 Å². The van der Waals surface area contributed by atoms with E-state index >= 15 is 0 Å². The first-order chi connectivity index (χ1) is 11.2. The second-order valence-corrected chi connectivity index (χ2v) is 7.03. The summed E-state index contributed by atoms with van der Waals surface area (Å²) in [5, 5.41) is 0. The summed E-state index contributed by atoms with van der Waals surface area (Å²) >= 11 is 0. The van der Waals surface area contributed by atoms with Crippen molar-refractivity contribution in [2.45, 2.75) is 117 Å². The van der Waals surface area contributed by atoms with Gasteiger partial charge in [-0.3, -0.25) is 4.79 Å². The van der Waals surface area contributed by atoms with Gasteiger partial charge in [-0.2, -0.15) is 0 Å². The van der Waals surface area contributed by atoms with Crippen LogP contribution in [-0.4, -0.2) is 12.6 Å². The lowest BCUT2D eigenvalue weighted by molar-refractivity contribution is -0.144. The fourth-order valence-electron chi connectivity index (χ4n) is 3.16. The van der Waals surface area contributed by atoms with Crippen LogP contribution in [0.1, 0.15) is 117 Å². The molecule has 0 radical (unpaired) electrons. The van der Waals surface area contributed by atoms with Crippen LogP contribution in [0.15, 0.2) is 0 Å². The Kier molecular flexibility index (Phi) is 17.4. The van der Waals surface area contributed by atoms with Gasteiger partial charge in [0.25, 0.3) is 0 Å². The van der Waals surface area contributed by atoms with E-state index in [1.807, 2.05) is 0 Å². The number of unbranched alkanes of at least 4 members (excludes halogenated alkanes) is 8. The van der Waals surface area contributed by atoms with Crippen molar-refractivity contribution in [2.75, 3.05) is 6.61 Å². The molecule has 1 atom stereocenters. The average molecular weight is 327 g/mol. The van der Waals surface area contributed by atoms with Crippen molar-refractivity contribution in [3.05, 3.63) is 0 Å². The van der Waals surface area contributed by atoms with E-state index in [-0.39, 0.29) is 5.97 Å². The topological polar surface area (TPSA) is 26.3 Å². The van der Waals surface area contributed by atoms with Crippen molar-refractivity contribution in [2.24, 2.45) is 5.92 Å². The first-order valence-electron chi connectivity index (χ1n) is 10.4. The lowest BCUT2D eigenvalue weighted by Gasteiger charge is -2.15. The van der Waals surface area contributed by atoms with E-state index in [4.69, 9.17) is 4.74 Å². The van der Waals surface area contributed by atoms with E-state index in [1.54, 1.807) is 0 Å². The molecule has 0 saturated carbocycles. The van der Waals surface area contributed by atoms with Gasteiger partial charge < -0.3 is 4.74 Å². The molecule has 0 rings (SSSR count). The number of hydrogen-bond acceptors (Lipinski definition) is 2. The van der Waals surface area contributed by atoms with Gasteiger partial charge in [0.15, 0.2) is 0 Å². The van der Waals surface area contributed by atoms with Crippen molar-refractivity contribution >= 4 is 5.97 Å². The van der Waals surface area contributed by atoms with Gasteiger partial charge in [0.1, 0.15) is 0 Å². The van der Waals surface area contributed by atoms with Gasteiger partial charge in [-0.1, -0.05) is 97.8 Å². The average Bonchev–Trinajstić information content (AvgIpc) is 2.54. The van der Waals surface area contributed by atoms with Crippen LogP contribution >= 0.6 is 0 Å². The van der Waals surface area contributed by atoms with Gasteiger partial charge in [0.2, 0.25) is 0 Å². The largest absolute Gasteiger partial charge is 0.466 e. The third kappa shape index (κ3) is 16.1. The van der Waals surface area contributed by atoms with Gasteiger partial charge in [0.05, 0.1) is 6.61 Å². The minimum absolute atomic E-state index is 0.0161. The maximum atomic E-state index is 11.8. The van der Waals surface area contributed by atoms with Crippen LogP contribution in [0.3, 0.4) is 0 Å².